The van der Waals surface area contributed by atoms with Crippen LogP contribution in [0, 0.1) is 11.5 Å². The molecule has 18 heavy (non-hydrogen) atoms. The number of alkyl halides is 1. The van der Waals surface area contributed by atoms with Gasteiger partial charge in [0, 0.05) is 11.9 Å². The van der Waals surface area contributed by atoms with Crippen LogP contribution < -0.4 is 0 Å². The van der Waals surface area contributed by atoms with Crippen LogP contribution in [-0.2, 0) is 9.73 Å². The average Bonchev–Trinajstić information content (AvgIpc) is 2.71. The molecule has 1 fully saturated rings. The molecule has 2 heterocycles. The molecule has 1 aliphatic heterocycles. The maximum atomic E-state index is 12.5. The maximum Gasteiger partial charge on any atom is 0.214 e. The predicted octanol–water partition coefficient (Wildman–Crippen LogP) is 3.13. The Kier molecular flexibility index (Phi) is 4.10. The zero-order chi connectivity index (χ0) is 13.2. The van der Waals surface area contributed by atoms with Crippen LogP contribution in [0.4, 0.5) is 0 Å². The Bertz CT molecular complexity index is 587. The van der Waals surface area contributed by atoms with E-state index in [2.05, 4.69) is 9.35 Å². The number of nitrogens with zero attached hydrogens (tertiary/aromatic N) is 3. The van der Waals surface area contributed by atoms with Crippen LogP contribution in [0.1, 0.15) is 23.8 Å². The fraction of sp³-hybridized carbons (Fsp3) is 0.455. The summed E-state index contributed by atoms with van der Waals surface area (Å²) < 4.78 is 16.1. The van der Waals surface area contributed by atoms with Gasteiger partial charge in [0.15, 0.2) is 0 Å². The standard InChI is InChI=1S/C11H11Cl2N3OS/c12-10-4-3-8(6-15-10)11(13)9-2-1-5-18(9,17)16-7-14/h3-4,6,9,11H,1-2,5H2. The number of hydrogen-bond donors (Lipinski definition) is 0. The van der Waals surface area contributed by atoms with Crippen molar-refractivity contribution in [2.45, 2.75) is 23.5 Å². The molecule has 7 heteroatoms. The number of hydrogen-bond acceptors (Lipinski definition) is 4. The van der Waals surface area contributed by atoms with E-state index < -0.39 is 15.1 Å². The first-order valence-corrected chi connectivity index (χ1v) is 8.00. The van der Waals surface area contributed by atoms with Gasteiger partial charge in [-0.15, -0.1) is 16.0 Å². The van der Waals surface area contributed by atoms with E-state index in [1.54, 1.807) is 24.5 Å². The van der Waals surface area contributed by atoms with Crippen LogP contribution in [0.3, 0.4) is 0 Å². The molecule has 3 unspecified atom stereocenters. The molecule has 4 nitrogen and oxygen atoms in total. The number of pyridine rings is 1. The topological polar surface area (TPSA) is 66.1 Å². The second kappa shape index (κ2) is 5.43. The van der Waals surface area contributed by atoms with Crippen molar-refractivity contribution in [1.29, 1.82) is 5.26 Å². The minimum Gasteiger partial charge on any atom is -0.248 e. The minimum absolute atomic E-state index is 0.304. The van der Waals surface area contributed by atoms with Crippen molar-refractivity contribution in [1.82, 2.24) is 4.98 Å². The monoisotopic (exact) mass is 303 g/mol. The molecule has 1 aromatic heterocycles. The molecule has 2 rings (SSSR count). The van der Waals surface area contributed by atoms with Crippen molar-refractivity contribution in [3.8, 4) is 6.19 Å². The van der Waals surface area contributed by atoms with Crippen molar-refractivity contribution in [2.75, 3.05) is 5.75 Å². The van der Waals surface area contributed by atoms with Crippen LogP contribution in [0.5, 0.6) is 0 Å². The van der Waals surface area contributed by atoms with Crippen molar-refractivity contribution < 1.29 is 4.21 Å². The zero-order valence-electron chi connectivity index (χ0n) is 9.42. The van der Waals surface area contributed by atoms with Crippen LogP contribution in [0.15, 0.2) is 22.7 Å². The Morgan fingerprint density at radius 2 is 2.39 bits per heavy atom. The Hall–Kier alpha value is -0.830. The van der Waals surface area contributed by atoms with Gasteiger partial charge in [-0.25, -0.2) is 9.19 Å². The van der Waals surface area contributed by atoms with Gasteiger partial charge in [-0.1, -0.05) is 17.7 Å². The first kappa shape index (κ1) is 13.6. The summed E-state index contributed by atoms with van der Waals surface area (Å²) in [6.45, 7) is 0. The summed E-state index contributed by atoms with van der Waals surface area (Å²) in [6, 6.07) is 3.40. The van der Waals surface area contributed by atoms with Crippen LogP contribution in [0.2, 0.25) is 5.15 Å². The molecule has 96 valence electrons. The van der Waals surface area contributed by atoms with E-state index in [1.807, 2.05) is 0 Å². The highest BCUT2D eigenvalue weighted by Crippen LogP contribution is 2.37. The van der Waals surface area contributed by atoms with Gasteiger partial charge in [0.2, 0.25) is 6.19 Å². The van der Waals surface area contributed by atoms with Gasteiger partial charge in [-0.05, 0) is 24.5 Å². The number of nitriles is 1. The molecule has 0 N–H and O–H groups in total. The quantitative estimate of drug-likeness (QED) is 0.479. The lowest BCUT2D eigenvalue weighted by atomic mass is 10.1. The van der Waals surface area contributed by atoms with Crippen molar-refractivity contribution >= 4 is 32.9 Å². The Balaban J connectivity index is 2.32. The third-order valence-electron chi connectivity index (χ3n) is 2.99. The summed E-state index contributed by atoms with van der Waals surface area (Å²) in [5.41, 5.74) is 0.758. The molecular weight excluding hydrogens is 293 g/mol. The molecule has 1 aliphatic rings. The van der Waals surface area contributed by atoms with E-state index in [9.17, 15) is 4.21 Å². The second-order valence-corrected chi connectivity index (χ2v) is 7.52. The number of rotatable bonds is 2. The summed E-state index contributed by atoms with van der Waals surface area (Å²) >= 11 is 12.1. The maximum absolute atomic E-state index is 12.5. The fourth-order valence-electron chi connectivity index (χ4n) is 2.11. The van der Waals surface area contributed by atoms with Crippen molar-refractivity contribution in [2.24, 2.45) is 4.36 Å². The van der Waals surface area contributed by atoms with Gasteiger partial charge in [-0.3, -0.25) is 0 Å². The molecule has 0 aromatic carbocycles. The van der Waals surface area contributed by atoms with E-state index in [0.29, 0.717) is 17.3 Å². The van der Waals surface area contributed by atoms with Crippen molar-refractivity contribution in [3.63, 3.8) is 0 Å². The lowest BCUT2D eigenvalue weighted by Crippen LogP contribution is -2.21. The Morgan fingerprint density at radius 3 is 3.00 bits per heavy atom. The molecule has 0 amide bonds. The van der Waals surface area contributed by atoms with E-state index in [-0.39, 0.29) is 5.25 Å². The van der Waals surface area contributed by atoms with Gasteiger partial charge in [0.05, 0.1) is 20.4 Å². The Labute approximate surface area is 116 Å². The van der Waals surface area contributed by atoms with Gasteiger partial charge in [0.25, 0.3) is 0 Å². The smallest absolute Gasteiger partial charge is 0.214 e. The average molecular weight is 304 g/mol. The summed E-state index contributed by atoms with van der Waals surface area (Å²) in [5.74, 6) is 0.440. The SMILES string of the molecule is N#CN=S1(=O)CCCC1C(Cl)c1ccc(Cl)nc1. The normalized spacial score (nSPS) is 28.6. The summed E-state index contributed by atoms with van der Waals surface area (Å²) in [5, 5.41) is 8.25. The highest BCUT2D eigenvalue weighted by molar-refractivity contribution is 7.94. The summed E-state index contributed by atoms with van der Waals surface area (Å²) in [4.78, 5) is 3.96. The molecule has 0 spiro atoms. The van der Waals surface area contributed by atoms with E-state index in [0.717, 1.165) is 12.0 Å². The van der Waals surface area contributed by atoms with Gasteiger partial charge < -0.3 is 0 Å². The second-order valence-electron chi connectivity index (χ2n) is 4.08. The molecule has 0 radical (unpaired) electrons. The fourth-order valence-corrected chi connectivity index (χ4v) is 5.27. The molecule has 1 aromatic rings. The summed E-state index contributed by atoms with van der Waals surface area (Å²) in [7, 11) is -2.53. The molecule has 3 atom stereocenters. The van der Waals surface area contributed by atoms with Crippen LogP contribution in [-0.4, -0.2) is 20.2 Å². The van der Waals surface area contributed by atoms with Crippen molar-refractivity contribution in [3.05, 3.63) is 29.0 Å². The first-order valence-electron chi connectivity index (χ1n) is 5.44. The number of aromatic nitrogens is 1. The van der Waals surface area contributed by atoms with E-state index >= 15 is 0 Å². The third-order valence-corrected chi connectivity index (χ3v) is 6.64. The van der Waals surface area contributed by atoms with Gasteiger partial charge >= 0.3 is 0 Å². The Morgan fingerprint density at radius 1 is 1.61 bits per heavy atom. The van der Waals surface area contributed by atoms with E-state index in [1.165, 1.54) is 0 Å². The first-order chi connectivity index (χ1) is 8.57. The highest BCUT2D eigenvalue weighted by Gasteiger charge is 2.36. The predicted molar refractivity (Wildman–Crippen MR) is 71.9 cm³/mol. The largest absolute Gasteiger partial charge is 0.248 e. The highest BCUT2D eigenvalue weighted by atomic mass is 35.5. The molecule has 0 bridgehead atoms. The van der Waals surface area contributed by atoms with Gasteiger partial charge in [-0.2, -0.15) is 5.26 Å². The van der Waals surface area contributed by atoms with Crippen LogP contribution >= 0.6 is 23.2 Å². The van der Waals surface area contributed by atoms with Gasteiger partial charge in [0.1, 0.15) is 5.15 Å². The van der Waals surface area contributed by atoms with E-state index in [4.69, 9.17) is 28.5 Å². The number of halogens is 2. The molecule has 1 saturated heterocycles. The third kappa shape index (κ3) is 2.61. The summed E-state index contributed by atoms with van der Waals surface area (Å²) in [6.07, 6.45) is 4.71. The zero-order valence-corrected chi connectivity index (χ0v) is 11.8. The lowest BCUT2D eigenvalue weighted by Gasteiger charge is -2.18. The molecular formula is C11H11Cl2N3OS. The molecule has 0 saturated carbocycles. The lowest BCUT2D eigenvalue weighted by molar-refractivity contribution is 0.664. The molecule has 0 aliphatic carbocycles. The minimum atomic E-state index is -2.53. The van der Waals surface area contributed by atoms with Crippen LogP contribution in [0.25, 0.3) is 0 Å².